The van der Waals surface area contributed by atoms with Crippen LogP contribution in [0.3, 0.4) is 0 Å². The van der Waals surface area contributed by atoms with Crippen LogP contribution in [0.4, 0.5) is 15.6 Å². The smallest absolute Gasteiger partial charge is 0.321 e. The summed E-state index contributed by atoms with van der Waals surface area (Å²) < 4.78 is 0. The second-order valence-electron chi connectivity index (χ2n) is 6.47. The van der Waals surface area contributed by atoms with Crippen molar-refractivity contribution < 1.29 is 9.59 Å². The van der Waals surface area contributed by atoms with Gasteiger partial charge in [0.25, 0.3) is 5.91 Å². The van der Waals surface area contributed by atoms with E-state index in [4.69, 9.17) is 0 Å². The first-order valence-electron chi connectivity index (χ1n) is 9.18. The summed E-state index contributed by atoms with van der Waals surface area (Å²) in [5, 5.41) is 8.75. The lowest BCUT2D eigenvalue weighted by atomic mass is 10.2. The molecule has 3 amide bonds. The fourth-order valence-electron chi connectivity index (χ4n) is 2.97. The molecule has 0 atom stereocenters. The fraction of sp³-hybridized carbons (Fsp3) is 0.421. The Morgan fingerprint density at radius 2 is 1.93 bits per heavy atom. The molecule has 0 radical (unpaired) electrons. The number of amides is 3. The van der Waals surface area contributed by atoms with Crippen molar-refractivity contribution in [2.75, 3.05) is 42.9 Å². The van der Waals surface area contributed by atoms with E-state index < -0.39 is 0 Å². The van der Waals surface area contributed by atoms with Crippen LogP contribution in [0, 0.1) is 6.92 Å². The van der Waals surface area contributed by atoms with Crippen LogP contribution < -0.4 is 15.5 Å². The average Bonchev–Trinajstić information content (AvgIpc) is 2.94. The monoisotopic (exact) mass is 387 g/mol. The molecule has 0 saturated carbocycles. The maximum absolute atomic E-state index is 12.6. The van der Waals surface area contributed by atoms with Gasteiger partial charge < -0.3 is 20.4 Å². The molecule has 2 heterocycles. The Morgan fingerprint density at radius 3 is 2.59 bits per heavy atom. The number of thiazole rings is 1. The molecule has 1 aliphatic rings. The predicted octanol–water partition coefficient (Wildman–Crippen LogP) is 2.95. The van der Waals surface area contributed by atoms with Gasteiger partial charge in [-0.1, -0.05) is 0 Å². The van der Waals surface area contributed by atoms with Crippen LogP contribution >= 0.6 is 11.3 Å². The molecule has 1 aromatic heterocycles. The summed E-state index contributed by atoms with van der Waals surface area (Å²) >= 11 is 1.65. The number of hydrogen-bond acceptors (Lipinski definition) is 5. The average molecular weight is 388 g/mol. The minimum atomic E-state index is -0.113. The van der Waals surface area contributed by atoms with Crippen molar-refractivity contribution in [1.82, 2.24) is 15.2 Å². The Bertz CT molecular complexity index is 790. The van der Waals surface area contributed by atoms with Gasteiger partial charge in [-0.15, -0.1) is 11.3 Å². The number of hydrogen-bond donors (Lipinski definition) is 2. The van der Waals surface area contributed by atoms with Crippen LogP contribution in [0.25, 0.3) is 0 Å². The van der Waals surface area contributed by atoms with Gasteiger partial charge in [-0.05, 0) is 44.5 Å². The molecule has 2 aromatic rings. The van der Waals surface area contributed by atoms with Crippen molar-refractivity contribution in [3.8, 4) is 0 Å². The number of nitrogens with zero attached hydrogens (tertiary/aromatic N) is 3. The molecule has 1 saturated heterocycles. The molecule has 144 valence electrons. The number of aryl methyl sites for hydroxylation is 1. The third kappa shape index (κ3) is 4.97. The molecule has 8 heteroatoms. The van der Waals surface area contributed by atoms with Gasteiger partial charge in [0, 0.05) is 49.4 Å². The molecule has 7 nitrogen and oxygen atoms in total. The highest BCUT2D eigenvalue weighted by Gasteiger charge is 2.20. The van der Waals surface area contributed by atoms with Gasteiger partial charge in [0.15, 0.2) is 5.13 Å². The largest absolute Gasteiger partial charge is 0.352 e. The third-order valence-corrected chi connectivity index (χ3v) is 5.42. The highest BCUT2D eigenvalue weighted by molar-refractivity contribution is 7.13. The van der Waals surface area contributed by atoms with E-state index in [1.54, 1.807) is 35.6 Å². The lowest BCUT2D eigenvalue weighted by molar-refractivity contribution is 0.0956. The van der Waals surface area contributed by atoms with E-state index in [0.717, 1.165) is 30.3 Å². The first-order valence-corrected chi connectivity index (χ1v) is 10.1. The Balaban J connectivity index is 1.55. The maximum Gasteiger partial charge on any atom is 0.321 e. The first kappa shape index (κ1) is 19.2. The van der Waals surface area contributed by atoms with Crippen molar-refractivity contribution in [2.24, 2.45) is 0 Å². The van der Waals surface area contributed by atoms with Gasteiger partial charge >= 0.3 is 6.03 Å². The SMILES string of the molecule is CCNC(=O)c1ccc(NC(=O)N2CCCN(c3nc(C)cs3)CC2)cc1. The van der Waals surface area contributed by atoms with E-state index in [0.29, 0.717) is 30.9 Å². The number of rotatable bonds is 4. The van der Waals surface area contributed by atoms with Crippen LogP contribution in [-0.2, 0) is 0 Å². The van der Waals surface area contributed by atoms with E-state index in [1.165, 1.54) is 0 Å². The Kier molecular flexibility index (Phi) is 6.28. The van der Waals surface area contributed by atoms with Crippen molar-refractivity contribution in [3.63, 3.8) is 0 Å². The minimum absolute atomic E-state index is 0.111. The van der Waals surface area contributed by atoms with E-state index in [1.807, 2.05) is 18.7 Å². The second-order valence-corrected chi connectivity index (χ2v) is 7.30. The molecule has 0 bridgehead atoms. The molecule has 3 rings (SSSR count). The summed E-state index contributed by atoms with van der Waals surface area (Å²) in [7, 11) is 0. The van der Waals surface area contributed by atoms with Crippen LogP contribution in [-0.4, -0.2) is 54.5 Å². The van der Waals surface area contributed by atoms with Crippen LogP contribution in [0.2, 0.25) is 0 Å². The molecule has 1 aliphatic heterocycles. The summed E-state index contributed by atoms with van der Waals surface area (Å²) in [5.41, 5.74) is 2.30. The van der Waals surface area contributed by atoms with Gasteiger partial charge in [-0.3, -0.25) is 4.79 Å². The molecule has 0 spiro atoms. The van der Waals surface area contributed by atoms with E-state index in [2.05, 4.69) is 25.9 Å². The second kappa shape index (κ2) is 8.85. The minimum Gasteiger partial charge on any atom is -0.352 e. The topological polar surface area (TPSA) is 77.6 Å². The number of carbonyl (C=O) groups is 2. The molecule has 1 aromatic carbocycles. The molecule has 27 heavy (non-hydrogen) atoms. The zero-order valence-electron chi connectivity index (χ0n) is 15.7. The Morgan fingerprint density at radius 1 is 1.15 bits per heavy atom. The fourth-order valence-corrected chi connectivity index (χ4v) is 3.83. The summed E-state index contributed by atoms with van der Waals surface area (Å²) in [4.78, 5) is 33.0. The number of nitrogens with one attached hydrogen (secondary N) is 2. The highest BCUT2D eigenvalue weighted by atomic mass is 32.1. The molecule has 0 aliphatic carbocycles. The van der Waals surface area contributed by atoms with E-state index in [9.17, 15) is 9.59 Å². The number of benzene rings is 1. The summed E-state index contributed by atoms with van der Waals surface area (Å²) in [6.07, 6.45) is 0.905. The molecular formula is C19H25N5O2S. The van der Waals surface area contributed by atoms with Crippen molar-refractivity contribution in [1.29, 1.82) is 0 Å². The van der Waals surface area contributed by atoms with Crippen LogP contribution in [0.15, 0.2) is 29.6 Å². The van der Waals surface area contributed by atoms with Crippen molar-refractivity contribution >= 4 is 34.1 Å². The number of anilines is 2. The number of carbonyl (C=O) groups excluding carboxylic acids is 2. The van der Waals surface area contributed by atoms with Crippen molar-refractivity contribution in [3.05, 3.63) is 40.9 Å². The number of urea groups is 1. The molecular weight excluding hydrogens is 362 g/mol. The van der Waals surface area contributed by atoms with Gasteiger partial charge in [0.05, 0.1) is 5.69 Å². The molecule has 1 fully saturated rings. The highest BCUT2D eigenvalue weighted by Crippen LogP contribution is 2.21. The summed E-state index contributed by atoms with van der Waals surface area (Å²) in [5.74, 6) is -0.111. The molecule has 2 N–H and O–H groups in total. The van der Waals surface area contributed by atoms with Crippen molar-refractivity contribution in [2.45, 2.75) is 20.3 Å². The van der Waals surface area contributed by atoms with Gasteiger partial charge in [-0.25, -0.2) is 9.78 Å². The van der Waals surface area contributed by atoms with E-state index >= 15 is 0 Å². The normalized spacial score (nSPS) is 14.6. The van der Waals surface area contributed by atoms with Gasteiger partial charge in [-0.2, -0.15) is 0 Å². The Hall–Kier alpha value is -2.61. The van der Waals surface area contributed by atoms with Crippen LogP contribution in [0.1, 0.15) is 29.4 Å². The number of aromatic nitrogens is 1. The summed E-state index contributed by atoms with van der Waals surface area (Å²) in [6, 6.07) is 6.83. The first-order chi connectivity index (χ1) is 13.1. The quantitative estimate of drug-likeness (QED) is 0.846. The third-order valence-electron chi connectivity index (χ3n) is 4.40. The Labute approximate surface area is 163 Å². The zero-order chi connectivity index (χ0) is 19.2. The summed E-state index contributed by atoms with van der Waals surface area (Å²) in [6.45, 7) is 7.50. The lowest BCUT2D eigenvalue weighted by Gasteiger charge is -2.22. The van der Waals surface area contributed by atoms with E-state index in [-0.39, 0.29) is 11.9 Å². The predicted molar refractivity (Wildman–Crippen MR) is 109 cm³/mol. The lowest BCUT2D eigenvalue weighted by Crippen LogP contribution is -2.38. The zero-order valence-corrected chi connectivity index (χ0v) is 16.5. The maximum atomic E-state index is 12.6. The van der Waals surface area contributed by atoms with Crippen LogP contribution in [0.5, 0.6) is 0 Å². The standard InChI is InChI=1S/C19H25N5O2S/c1-3-20-17(25)15-5-7-16(8-6-15)22-18(26)23-9-4-10-24(12-11-23)19-21-14(2)13-27-19/h5-8,13H,3-4,9-12H2,1-2H3,(H,20,25)(H,22,26). The molecule has 0 unspecified atom stereocenters. The van der Waals surface area contributed by atoms with Gasteiger partial charge in [0.1, 0.15) is 0 Å². The van der Waals surface area contributed by atoms with Gasteiger partial charge in [0.2, 0.25) is 0 Å².